The summed E-state index contributed by atoms with van der Waals surface area (Å²) in [6, 6.07) is 0. The molecule has 0 aliphatic heterocycles. The highest BCUT2D eigenvalue weighted by atomic mass is 31.1. The van der Waals surface area contributed by atoms with Crippen molar-refractivity contribution in [2.24, 2.45) is 17.8 Å². The van der Waals surface area contributed by atoms with Crippen molar-refractivity contribution in [1.82, 2.24) is 0 Å². The van der Waals surface area contributed by atoms with Crippen LogP contribution in [0.3, 0.4) is 0 Å². The van der Waals surface area contributed by atoms with Gasteiger partial charge in [0, 0.05) is 4.57 Å². The molecule has 0 aliphatic rings. The lowest BCUT2D eigenvalue weighted by molar-refractivity contribution is -0.0406. The van der Waals surface area contributed by atoms with E-state index in [0.717, 1.165) is 51.4 Å². The van der Waals surface area contributed by atoms with Crippen molar-refractivity contribution in [2.75, 3.05) is 0 Å². The minimum Gasteiger partial charge on any atom is -0.133 e. The van der Waals surface area contributed by atoms with Gasteiger partial charge in [0.05, 0.1) is 0 Å². The highest BCUT2D eigenvalue weighted by Crippen LogP contribution is 2.46. The third-order valence-electron chi connectivity index (χ3n) is 5.57. The van der Waals surface area contributed by atoms with Crippen molar-refractivity contribution in [1.29, 1.82) is 0 Å². The largest absolute Gasteiger partial charge is 0.695 e. The first-order valence-electron chi connectivity index (χ1n) is 9.27. The molecule has 0 aliphatic carbocycles. The molecule has 0 saturated heterocycles. The van der Waals surface area contributed by atoms with Crippen LogP contribution in [0.1, 0.15) is 92.9 Å². The number of hydrogen-bond acceptors (Lipinski definition) is 2. The standard InChI is InChI=1S/C18H37O3P/c1-7-15(8-2)13-18(21-22(19)20,17(11-5)12-6)14-16(9-3)10-4/h15-17H,7-14H2,1-6H3/p+1. The lowest BCUT2D eigenvalue weighted by atomic mass is 9.71. The number of rotatable bonds is 13. The fourth-order valence-corrected chi connectivity index (χ4v) is 4.50. The third kappa shape index (κ3) is 6.64. The zero-order valence-corrected chi connectivity index (χ0v) is 16.5. The predicted octanol–water partition coefficient (Wildman–Crippen LogP) is 6.48. The summed E-state index contributed by atoms with van der Waals surface area (Å²) in [6.45, 7) is 13.2. The van der Waals surface area contributed by atoms with E-state index in [1.807, 2.05) is 0 Å². The predicted molar refractivity (Wildman–Crippen MR) is 95.1 cm³/mol. The Bertz CT molecular complexity index is 281. The lowest BCUT2D eigenvalue weighted by Gasteiger charge is -2.39. The Hall–Kier alpha value is 0.0200. The molecule has 1 unspecified atom stereocenters. The average Bonchev–Trinajstić information content (AvgIpc) is 2.50. The van der Waals surface area contributed by atoms with Gasteiger partial charge in [-0.2, -0.15) is 0 Å². The quantitative estimate of drug-likeness (QED) is 0.392. The van der Waals surface area contributed by atoms with E-state index in [-0.39, 0.29) is 0 Å². The van der Waals surface area contributed by atoms with Crippen LogP contribution in [0.4, 0.5) is 0 Å². The van der Waals surface area contributed by atoms with Gasteiger partial charge in [-0.1, -0.05) is 80.1 Å². The Kier molecular flexibility index (Phi) is 11.6. The topological polar surface area (TPSA) is 46.5 Å². The summed E-state index contributed by atoms with van der Waals surface area (Å²) in [5.41, 5.74) is -0.445. The summed E-state index contributed by atoms with van der Waals surface area (Å²) in [6.07, 6.45) is 8.23. The molecule has 0 aromatic heterocycles. The summed E-state index contributed by atoms with van der Waals surface area (Å²) in [7, 11) is -2.56. The molecule has 132 valence electrons. The molecule has 0 saturated carbocycles. The first kappa shape index (κ1) is 22.0. The first-order chi connectivity index (χ1) is 10.4. The first-order valence-corrected chi connectivity index (χ1v) is 10.4. The molecule has 0 heterocycles. The fraction of sp³-hybridized carbons (Fsp3) is 1.00. The van der Waals surface area contributed by atoms with Gasteiger partial charge in [0.2, 0.25) is 0 Å². The molecule has 3 nitrogen and oxygen atoms in total. The van der Waals surface area contributed by atoms with E-state index in [4.69, 9.17) is 4.52 Å². The Balaban J connectivity index is 5.61. The van der Waals surface area contributed by atoms with Gasteiger partial charge in [-0.15, -0.1) is 9.42 Å². The van der Waals surface area contributed by atoms with Crippen LogP contribution >= 0.6 is 8.25 Å². The normalized spacial score (nSPS) is 13.5. The van der Waals surface area contributed by atoms with Crippen LogP contribution in [0.25, 0.3) is 0 Å². The molecule has 0 fully saturated rings. The highest BCUT2D eigenvalue weighted by molar-refractivity contribution is 7.32. The molecular weight excluding hydrogens is 295 g/mol. The van der Waals surface area contributed by atoms with E-state index in [1.54, 1.807) is 0 Å². The van der Waals surface area contributed by atoms with Crippen molar-refractivity contribution in [3.8, 4) is 0 Å². The molecule has 0 rings (SSSR count). The maximum absolute atomic E-state index is 11.6. The molecule has 1 N–H and O–H groups in total. The van der Waals surface area contributed by atoms with E-state index >= 15 is 0 Å². The molecule has 0 aromatic rings. The van der Waals surface area contributed by atoms with Crippen molar-refractivity contribution in [3.05, 3.63) is 0 Å². The Morgan fingerprint density at radius 3 is 1.41 bits per heavy atom. The second kappa shape index (κ2) is 11.5. The summed E-state index contributed by atoms with van der Waals surface area (Å²) in [5.74, 6) is 1.47. The van der Waals surface area contributed by atoms with E-state index in [0.29, 0.717) is 17.8 Å². The van der Waals surface area contributed by atoms with Gasteiger partial charge in [0.25, 0.3) is 0 Å². The van der Waals surface area contributed by atoms with Crippen molar-refractivity contribution >= 4 is 8.25 Å². The lowest BCUT2D eigenvalue weighted by Crippen LogP contribution is -2.42. The summed E-state index contributed by atoms with van der Waals surface area (Å²) in [4.78, 5) is 9.53. The average molecular weight is 333 g/mol. The second-order valence-corrected chi connectivity index (χ2v) is 7.34. The zero-order valence-electron chi connectivity index (χ0n) is 15.6. The van der Waals surface area contributed by atoms with Crippen LogP contribution in [0.5, 0.6) is 0 Å². The number of hydrogen-bond donors (Lipinski definition) is 1. The van der Waals surface area contributed by atoms with Crippen molar-refractivity contribution in [2.45, 2.75) is 98.5 Å². The van der Waals surface area contributed by atoms with Gasteiger partial charge in [-0.05, 0) is 30.6 Å². The van der Waals surface area contributed by atoms with Gasteiger partial charge in [0.15, 0.2) is 0 Å². The fourth-order valence-electron chi connectivity index (χ4n) is 3.89. The molecule has 0 amide bonds. The van der Waals surface area contributed by atoms with Gasteiger partial charge in [-0.25, -0.2) is 0 Å². The van der Waals surface area contributed by atoms with E-state index < -0.39 is 13.9 Å². The van der Waals surface area contributed by atoms with E-state index in [2.05, 4.69) is 41.5 Å². The monoisotopic (exact) mass is 333 g/mol. The van der Waals surface area contributed by atoms with Crippen molar-refractivity contribution in [3.63, 3.8) is 0 Å². The summed E-state index contributed by atoms with van der Waals surface area (Å²) < 4.78 is 17.4. The van der Waals surface area contributed by atoms with Crippen LogP contribution in [0.15, 0.2) is 0 Å². The van der Waals surface area contributed by atoms with Gasteiger partial charge in [-0.3, -0.25) is 0 Å². The molecule has 0 bridgehead atoms. The molecular formula is C18H38O3P+. The molecule has 1 atom stereocenters. The van der Waals surface area contributed by atoms with E-state index in [9.17, 15) is 9.46 Å². The zero-order chi connectivity index (χ0) is 17.2. The second-order valence-electron chi connectivity index (χ2n) is 6.68. The van der Waals surface area contributed by atoms with Gasteiger partial charge >= 0.3 is 8.25 Å². The highest BCUT2D eigenvalue weighted by Gasteiger charge is 2.47. The smallest absolute Gasteiger partial charge is 0.133 e. The van der Waals surface area contributed by atoms with E-state index in [1.165, 1.54) is 0 Å². The maximum Gasteiger partial charge on any atom is 0.695 e. The molecule has 4 heteroatoms. The molecule has 22 heavy (non-hydrogen) atoms. The van der Waals surface area contributed by atoms with Crippen LogP contribution in [0.2, 0.25) is 0 Å². The Morgan fingerprint density at radius 1 is 0.818 bits per heavy atom. The summed E-state index contributed by atoms with van der Waals surface area (Å²) in [5, 5.41) is 0. The molecule has 0 radical (unpaired) electrons. The summed E-state index contributed by atoms with van der Waals surface area (Å²) >= 11 is 0. The third-order valence-corrected chi connectivity index (χ3v) is 6.09. The Labute approximate surface area is 139 Å². The van der Waals surface area contributed by atoms with Crippen LogP contribution < -0.4 is 0 Å². The van der Waals surface area contributed by atoms with Gasteiger partial charge < -0.3 is 0 Å². The van der Waals surface area contributed by atoms with Gasteiger partial charge in [0.1, 0.15) is 5.60 Å². The Morgan fingerprint density at radius 2 is 1.18 bits per heavy atom. The van der Waals surface area contributed by atoms with Crippen LogP contribution in [-0.2, 0) is 9.09 Å². The van der Waals surface area contributed by atoms with Crippen molar-refractivity contribution < 1.29 is 14.0 Å². The minimum atomic E-state index is -2.56. The van der Waals surface area contributed by atoms with Crippen LogP contribution in [-0.4, -0.2) is 10.5 Å². The maximum atomic E-state index is 11.6. The molecule has 0 spiro atoms. The molecule has 0 aromatic carbocycles. The minimum absolute atomic E-state index is 0.347. The van der Waals surface area contributed by atoms with Crippen LogP contribution in [0, 0.1) is 17.8 Å². The SMILES string of the molecule is CCC(CC)CC(CC(CC)CC)(O[P+](=O)O)C(CC)CC.